The lowest BCUT2D eigenvalue weighted by Crippen LogP contribution is -2.41. The number of nitrogens with zero attached hydrogens (tertiary/aromatic N) is 1. The van der Waals surface area contributed by atoms with E-state index in [4.69, 9.17) is 17.3 Å². The van der Waals surface area contributed by atoms with Gasteiger partial charge in [0.15, 0.2) is 0 Å². The van der Waals surface area contributed by atoms with Gasteiger partial charge in [0.2, 0.25) is 0 Å². The molecule has 1 saturated heterocycles. The molecule has 1 aliphatic heterocycles. The number of anilines is 1. The van der Waals surface area contributed by atoms with Gasteiger partial charge < -0.3 is 10.6 Å². The summed E-state index contributed by atoms with van der Waals surface area (Å²) in [5.74, 6) is 1.90. The van der Waals surface area contributed by atoms with Crippen molar-refractivity contribution in [1.29, 1.82) is 0 Å². The monoisotopic (exact) mass is 382 g/mol. The highest BCUT2D eigenvalue weighted by Gasteiger charge is 2.29. The van der Waals surface area contributed by atoms with Gasteiger partial charge in [-0.05, 0) is 42.3 Å². The number of hydrogen-bond acceptors (Lipinski definition) is 3. The third kappa shape index (κ3) is 4.00. The maximum absolute atomic E-state index is 13.1. The molecule has 0 bridgehead atoms. The summed E-state index contributed by atoms with van der Waals surface area (Å²) in [5.41, 5.74) is 9.25. The summed E-state index contributed by atoms with van der Waals surface area (Å²) in [7, 11) is 0. The number of rotatable bonds is 2. The van der Waals surface area contributed by atoms with Gasteiger partial charge in [0.05, 0.1) is 6.04 Å². The number of nitrogen functional groups attached to an aromatic ring is 1. The van der Waals surface area contributed by atoms with Gasteiger partial charge >= 0.3 is 0 Å². The predicted molar refractivity (Wildman–Crippen MR) is 105 cm³/mol. The number of carbonyl (C=O) groups excluding carboxylic acids is 1. The Kier molecular flexibility index (Phi) is 6.44. The van der Waals surface area contributed by atoms with Crippen LogP contribution in [0.3, 0.4) is 0 Å². The summed E-state index contributed by atoms with van der Waals surface area (Å²) < 4.78 is 0. The largest absolute Gasteiger partial charge is 0.399 e. The van der Waals surface area contributed by atoms with E-state index in [-0.39, 0.29) is 24.4 Å². The van der Waals surface area contributed by atoms with Gasteiger partial charge in [-0.3, -0.25) is 4.79 Å². The maximum Gasteiger partial charge on any atom is 0.254 e. The molecule has 1 atom stereocenters. The second kappa shape index (κ2) is 8.15. The van der Waals surface area contributed by atoms with Crippen molar-refractivity contribution in [2.24, 2.45) is 0 Å². The molecule has 2 aromatic carbocycles. The first-order valence-corrected chi connectivity index (χ1v) is 9.10. The molecular formula is C18H20Cl2N2OS. The number of amides is 1. The molecule has 2 aromatic rings. The molecule has 24 heavy (non-hydrogen) atoms. The van der Waals surface area contributed by atoms with Crippen LogP contribution in [0.25, 0.3) is 0 Å². The summed E-state index contributed by atoms with van der Waals surface area (Å²) in [6.45, 7) is 2.69. The Morgan fingerprint density at radius 1 is 1.25 bits per heavy atom. The number of benzene rings is 2. The van der Waals surface area contributed by atoms with E-state index in [1.807, 2.05) is 60.0 Å². The third-order valence-electron chi connectivity index (χ3n) is 4.14. The van der Waals surface area contributed by atoms with Gasteiger partial charge in [-0.2, -0.15) is 11.8 Å². The zero-order chi connectivity index (χ0) is 16.4. The minimum absolute atomic E-state index is 0. The minimum Gasteiger partial charge on any atom is -0.399 e. The first-order valence-electron chi connectivity index (χ1n) is 7.56. The molecule has 0 aliphatic carbocycles. The molecule has 1 fully saturated rings. The summed E-state index contributed by atoms with van der Waals surface area (Å²) in [5, 5.41) is 0.710. The fourth-order valence-corrected chi connectivity index (χ4v) is 4.05. The smallest absolute Gasteiger partial charge is 0.254 e. The number of carbonyl (C=O) groups is 1. The molecule has 0 radical (unpaired) electrons. The highest BCUT2D eigenvalue weighted by Crippen LogP contribution is 2.32. The van der Waals surface area contributed by atoms with E-state index < -0.39 is 0 Å². The number of thioether (sulfide) groups is 1. The maximum atomic E-state index is 13.1. The molecule has 3 nitrogen and oxygen atoms in total. The average molecular weight is 383 g/mol. The molecular weight excluding hydrogens is 363 g/mol. The Morgan fingerprint density at radius 3 is 2.67 bits per heavy atom. The summed E-state index contributed by atoms with van der Waals surface area (Å²) >= 11 is 7.86. The first kappa shape index (κ1) is 19.0. The summed E-state index contributed by atoms with van der Waals surface area (Å²) in [6, 6.07) is 13.3. The van der Waals surface area contributed by atoms with Crippen LogP contribution in [0.5, 0.6) is 0 Å². The summed E-state index contributed by atoms with van der Waals surface area (Å²) in [6.07, 6.45) is 0. The van der Waals surface area contributed by atoms with Crippen LogP contribution in [-0.4, -0.2) is 28.9 Å². The van der Waals surface area contributed by atoms with Gasteiger partial charge in [0.1, 0.15) is 0 Å². The highest BCUT2D eigenvalue weighted by molar-refractivity contribution is 7.99. The standard InChI is InChI=1S/C18H19ClN2OS.ClH/c1-12-2-7-15(20)10-16(12)18(22)21-8-9-23-11-17(21)13-3-5-14(19)6-4-13;/h2-7,10,17H,8-9,11,20H2,1H3;1H. The van der Waals surface area contributed by atoms with E-state index in [0.29, 0.717) is 16.3 Å². The molecule has 0 spiro atoms. The molecule has 3 rings (SSSR count). The van der Waals surface area contributed by atoms with Crippen LogP contribution in [0.2, 0.25) is 5.02 Å². The van der Waals surface area contributed by atoms with Crippen LogP contribution >= 0.6 is 35.8 Å². The second-order valence-electron chi connectivity index (χ2n) is 5.72. The van der Waals surface area contributed by atoms with E-state index in [1.54, 1.807) is 6.07 Å². The molecule has 1 unspecified atom stereocenters. The van der Waals surface area contributed by atoms with Crippen molar-refractivity contribution in [2.75, 3.05) is 23.8 Å². The van der Waals surface area contributed by atoms with Crippen molar-refractivity contribution in [3.8, 4) is 0 Å². The van der Waals surface area contributed by atoms with Gasteiger partial charge in [0, 0.05) is 34.3 Å². The molecule has 2 N–H and O–H groups in total. The van der Waals surface area contributed by atoms with Gasteiger partial charge in [0.25, 0.3) is 5.91 Å². The van der Waals surface area contributed by atoms with E-state index in [0.717, 1.165) is 29.2 Å². The van der Waals surface area contributed by atoms with Crippen molar-refractivity contribution in [3.05, 3.63) is 64.2 Å². The highest BCUT2D eigenvalue weighted by atomic mass is 35.5. The molecule has 0 saturated carbocycles. The zero-order valence-electron chi connectivity index (χ0n) is 13.4. The Labute approximate surface area is 158 Å². The second-order valence-corrected chi connectivity index (χ2v) is 7.30. The van der Waals surface area contributed by atoms with Crippen LogP contribution in [0, 0.1) is 6.92 Å². The van der Waals surface area contributed by atoms with E-state index in [9.17, 15) is 4.79 Å². The summed E-state index contributed by atoms with van der Waals surface area (Å²) in [4.78, 5) is 15.0. The Hall–Kier alpha value is -1.36. The Bertz CT molecular complexity index is 721. The van der Waals surface area contributed by atoms with Crippen LogP contribution < -0.4 is 5.73 Å². The van der Waals surface area contributed by atoms with Gasteiger partial charge in [-0.1, -0.05) is 29.8 Å². The number of nitrogens with two attached hydrogens (primary N) is 1. The van der Waals surface area contributed by atoms with Gasteiger partial charge in [-0.15, -0.1) is 12.4 Å². The van der Waals surface area contributed by atoms with Crippen LogP contribution in [-0.2, 0) is 0 Å². The number of aryl methyl sites for hydroxylation is 1. The van der Waals surface area contributed by atoms with Crippen molar-refractivity contribution < 1.29 is 4.79 Å². The van der Waals surface area contributed by atoms with Crippen molar-refractivity contribution in [3.63, 3.8) is 0 Å². The molecule has 128 valence electrons. The number of halogens is 2. The average Bonchev–Trinajstić information content (AvgIpc) is 2.57. The number of hydrogen-bond donors (Lipinski definition) is 1. The van der Waals surface area contributed by atoms with E-state index >= 15 is 0 Å². The first-order chi connectivity index (χ1) is 11.1. The quantitative estimate of drug-likeness (QED) is 0.772. The predicted octanol–water partition coefficient (Wildman–Crippen LogP) is 4.58. The zero-order valence-corrected chi connectivity index (χ0v) is 15.8. The molecule has 0 aromatic heterocycles. The Balaban J connectivity index is 0.00000208. The van der Waals surface area contributed by atoms with Crippen LogP contribution in [0.1, 0.15) is 27.5 Å². The van der Waals surface area contributed by atoms with Crippen molar-refractivity contribution in [2.45, 2.75) is 13.0 Å². The lowest BCUT2D eigenvalue weighted by Gasteiger charge is -2.36. The topological polar surface area (TPSA) is 46.3 Å². The minimum atomic E-state index is 0. The van der Waals surface area contributed by atoms with E-state index in [2.05, 4.69) is 0 Å². The lowest BCUT2D eigenvalue weighted by molar-refractivity contribution is 0.0700. The van der Waals surface area contributed by atoms with Gasteiger partial charge in [-0.25, -0.2) is 0 Å². The van der Waals surface area contributed by atoms with Crippen molar-refractivity contribution >= 4 is 47.4 Å². The fraction of sp³-hybridized carbons (Fsp3) is 0.278. The Morgan fingerprint density at radius 2 is 1.96 bits per heavy atom. The van der Waals surface area contributed by atoms with Crippen molar-refractivity contribution in [1.82, 2.24) is 4.90 Å². The normalized spacial score (nSPS) is 17.2. The molecule has 1 heterocycles. The fourth-order valence-electron chi connectivity index (χ4n) is 2.83. The van der Waals surface area contributed by atoms with Crippen LogP contribution in [0.15, 0.2) is 42.5 Å². The molecule has 1 aliphatic rings. The molecule has 6 heteroatoms. The SMILES string of the molecule is Cc1ccc(N)cc1C(=O)N1CCSCC1c1ccc(Cl)cc1.Cl. The lowest BCUT2D eigenvalue weighted by atomic mass is 10.0. The molecule has 1 amide bonds. The third-order valence-corrected chi connectivity index (χ3v) is 5.41. The van der Waals surface area contributed by atoms with Crippen LogP contribution in [0.4, 0.5) is 5.69 Å². The van der Waals surface area contributed by atoms with E-state index in [1.165, 1.54) is 0 Å².